The molecule has 1 aromatic rings. The zero-order valence-corrected chi connectivity index (χ0v) is 14.7. The van der Waals surface area contributed by atoms with Crippen molar-refractivity contribution in [2.45, 2.75) is 71.8 Å². The maximum atomic E-state index is 12.3. The average Bonchev–Trinajstić information content (AvgIpc) is 2.55. The van der Waals surface area contributed by atoms with Gasteiger partial charge in [-0.15, -0.1) is 0 Å². The Bertz CT molecular complexity index is 551. The first-order valence-electron chi connectivity index (χ1n) is 9.38. The van der Waals surface area contributed by atoms with Gasteiger partial charge in [0.15, 0.2) is 0 Å². The van der Waals surface area contributed by atoms with E-state index in [1.165, 1.54) is 38.5 Å². The summed E-state index contributed by atoms with van der Waals surface area (Å²) in [6.07, 6.45) is 9.94. The molecular formula is C21H34N2O2. The fourth-order valence-corrected chi connectivity index (χ4v) is 4.45. The number of hydrogen-bond acceptors (Lipinski definition) is 4. The van der Waals surface area contributed by atoms with E-state index >= 15 is 0 Å². The number of hydrogen-bond donors (Lipinski definition) is 2. The lowest BCUT2D eigenvalue weighted by molar-refractivity contribution is 0.0111. The van der Waals surface area contributed by atoms with Crippen molar-refractivity contribution in [3.63, 3.8) is 0 Å². The summed E-state index contributed by atoms with van der Waals surface area (Å²) in [5, 5.41) is 0. The molecule has 2 saturated carbocycles. The van der Waals surface area contributed by atoms with Gasteiger partial charge in [-0.25, -0.2) is 4.79 Å². The van der Waals surface area contributed by atoms with Crippen molar-refractivity contribution in [2.24, 2.45) is 17.8 Å². The Kier molecular flexibility index (Phi) is 6.74. The summed E-state index contributed by atoms with van der Waals surface area (Å²) in [6, 6.07) is 4.91. The maximum absolute atomic E-state index is 12.3. The van der Waals surface area contributed by atoms with Crippen molar-refractivity contribution < 1.29 is 9.53 Å². The summed E-state index contributed by atoms with van der Waals surface area (Å²) in [5.74, 6) is 2.33. The lowest BCUT2D eigenvalue weighted by Gasteiger charge is -2.37. The summed E-state index contributed by atoms with van der Waals surface area (Å²) in [4.78, 5) is 12.3. The van der Waals surface area contributed by atoms with Gasteiger partial charge in [-0.2, -0.15) is 0 Å². The van der Waals surface area contributed by atoms with Crippen LogP contribution in [0.4, 0.5) is 11.4 Å². The van der Waals surface area contributed by atoms with Gasteiger partial charge in [0.25, 0.3) is 0 Å². The molecule has 4 N–H and O–H groups in total. The molecule has 0 atom stereocenters. The Morgan fingerprint density at radius 1 is 0.880 bits per heavy atom. The number of benzene rings is 1. The van der Waals surface area contributed by atoms with Gasteiger partial charge in [-0.1, -0.05) is 27.2 Å². The van der Waals surface area contributed by atoms with Crippen molar-refractivity contribution in [1.29, 1.82) is 0 Å². The molecule has 2 aliphatic rings. The van der Waals surface area contributed by atoms with Crippen LogP contribution in [0.1, 0.15) is 76.1 Å². The second-order valence-corrected chi connectivity index (χ2v) is 7.85. The third-order valence-electron chi connectivity index (χ3n) is 5.93. The third-order valence-corrected chi connectivity index (χ3v) is 5.93. The van der Waals surface area contributed by atoms with Crippen molar-refractivity contribution in [2.75, 3.05) is 11.5 Å². The largest absolute Gasteiger partial charge is 0.459 e. The Labute approximate surface area is 152 Å². The van der Waals surface area contributed by atoms with Crippen LogP contribution in [0.25, 0.3) is 0 Å². The van der Waals surface area contributed by atoms with E-state index in [1.807, 2.05) is 0 Å². The SMILES string of the molecule is C.CC1CCC(C2CCC(OC(=O)c3cc(N)cc(N)c3)CC2)CC1. The molecule has 2 fully saturated rings. The summed E-state index contributed by atoms with van der Waals surface area (Å²) in [7, 11) is 0. The summed E-state index contributed by atoms with van der Waals surface area (Å²) in [6.45, 7) is 2.37. The van der Waals surface area contributed by atoms with Gasteiger partial charge < -0.3 is 16.2 Å². The molecule has 4 heteroatoms. The average molecular weight is 347 g/mol. The molecule has 0 spiro atoms. The maximum Gasteiger partial charge on any atom is 0.338 e. The normalized spacial score (nSPS) is 29.5. The van der Waals surface area contributed by atoms with Crippen molar-refractivity contribution in [1.82, 2.24) is 0 Å². The highest BCUT2D eigenvalue weighted by molar-refractivity contribution is 5.91. The highest BCUT2D eigenvalue weighted by Crippen LogP contribution is 2.40. The molecule has 2 aliphatic carbocycles. The van der Waals surface area contributed by atoms with Crippen LogP contribution in [0.15, 0.2) is 18.2 Å². The Balaban J connectivity index is 0.00000225. The second-order valence-electron chi connectivity index (χ2n) is 7.85. The standard InChI is InChI=1S/C20H30N2O2.CH4/c1-13-2-4-14(5-3-13)15-6-8-19(9-7-15)24-20(23)16-10-17(21)12-18(22)11-16;/h10-15,19H,2-9,21-22H2,1H3;1H4. The topological polar surface area (TPSA) is 78.3 Å². The molecule has 0 aromatic heterocycles. The Morgan fingerprint density at radius 3 is 1.88 bits per heavy atom. The van der Waals surface area contributed by atoms with E-state index in [0.29, 0.717) is 16.9 Å². The van der Waals surface area contributed by atoms with Crippen molar-refractivity contribution >= 4 is 17.3 Å². The minimum Gasteiger partial charge on any atom is -0.459 e. The number of carbonyl (C=O) groups is 1. The molecule has 1 aromatic carbocycles. The van der Waals surface area contributed by atoms with Crippen LogP contribution in [-0.4, -0.2) is 12.1 Å². The first kappa shape index (κ1) is 19.6. The van der Waals surface area contributed by atoms with Crippen LogP contribution >= 0.6 is 0 Å². The number of carbonyl (C=O) groups excluding carboxylic acids is 1. The van der Waals surface area contributed by atoms with Crippen LogP contribution in [0, 0.1) is 17.8 Å². The fraction of sp³-hybridized carbons (Fsp3) is 0.667. The van der Waals surface area contributed by atoms with Crippen molar-refractivity contribution in [3.05, 3.63) is 23.8 Å². The fourth-order valence-electron chi connectivity index (χ4n) is 4.45. The van der Waals surface area contributed by atoms with Gasteiger partial charge in [0.1, 0.15) is 6.10 Å². The molecule has 0 saturated heterocycles. The lowest BCUT2D eigenvalue weighted by Crippen LogP contribution is -2.29. The van der Waals surface area contributed by atoms with E-state index in [0.717, 1.165) is 30.6 Å². The smallest absolute Gasteiger partial charge is 0.338 e. The molecule has 4 nitrogen and oxygen atoms in total. The van der Waals surface area contributed by atoms with Crippen LogP contribution < -0.4 is 11.5 Å². The number of nitrogen functional groups attached to an aromatic ring is 2. The monoisotopic (exact) mass is 346 g/mol. The molecule has 0 unspecified atom stereocenters. The zero-order chi connectivity index (χ0) is 17.1. The zero-order valence-electron chi connectivity index (χ0n) is 14.7. The van der Waals surface area contributed by atoms with Crippen LogP contribution in [0.3, 0.4) is 0 Å². The van der Waals surface area contributed by atoms with Gasteiger partial charge in [0.05, 0.1) is 5.56 Å². The number of rotatable bonds is 3. The molecule has 0 bridgehead atoms. The van der Waals surface area contributed by atoms with Gasteiger partial charge >= 0.3 is 5.97 Å². The number of esters is 1. The Morgan fingerprint density at radius 2 is 1.36 bits per heavy atom. The van der Waals surface area contributed by atoms with E-state index in [4.69, 9.17) is 16.2 Å². The van der Waals surface area contributed by atoms with Crippen LogP contribution in [-0.2, 0) is 4.74 Å². The molecule has 3 rings (SSSR count). The quantitative estimate of drug-likeness (QED) is 0.594. The van der Waals surface area contributed by atoms with Crippen molar-refractivity contribution in [3.8, 4) is 0 Å². The van der Waals surface area contributed by atoms with E-state index in [9.17, 15) is 4.79 Å². The predicted molar refractivity (Wildman–Crippen MR) is 104 cm³/mol. The van der Waals surface area contributed by atoms with Crippen LogP contribution in [0.2, 0.25) is 0 Å². The highest BCUT2D eigenvalue weighted by atomic mass is 16.5. The molecule has 25 heavy (non-hydrogen) atoms. The minimum atomic E-state index is -0.302. The van der Waals surface area contributed by atoms with Gasteiger partial charge in [0, 0.05) is 11.4 Å². The second kappa shape index (κ2) is 8.59. The molecule has 0 heterocycles. The number of nitrogens with two attached hydrogens (primary N) is 2. The molecule has 140 valence electrons. The van der Waals surface area contributed by atoms with E-state index < -0.39 is 0 Å². The lowest BCUT2D eigenvalue weighted by atomic mass is 9.71. The van der Waals surface area contributed by atoms with Gasteiger partial charge in [0.2, 0.25) is 0 Å². The van der Waals surface area contributed by atoms with Gasteiger partial charge in [-0.05, 0) is 74.5 Å². The minimum absolute atomic E-state index is 0. The highest BCUT2D eigenvalue weighted by Gasteiger charge is 2.31. The molecule has 0 aliphatic heterocycles. The first-order chi connectivity index (χ1) is 11.5. The van der Waals surface area contributed by atoms with E-state index in [1.54, 1.807) is 18.2 Å². The molecular weight excluding hydrogens is 312 g/mol. The summed E-state index contributed by atoms with van der Waals surface area (Å²) in [5.41, 5.74) is 13.0. The predicted octanol–water partition coefficient (Wildman–Crippen LogP) is 5.03. The Hall–Kier alpha value is -1.71. The number of anilines is 2. The van der Waals surface area contributed by atoms with Crippen LogP contribution in [0.5, 0.6) is 0 Å². The van der Waals surface area contributed by atoms with E-state index in [2.05, 4.69) is 6.92 Å². The first-order valence-corrected chi connectivity index (χ1v) is 9.38. The molecule has 0 amide bonds. The molecule has 0 radical (unpaired) electrons. The number of ether oxygens (including phenoxy) is 1. The summed E-state index contributed by atoms with van der Waals surface area (Å²) < 4.78 is 5.69. The van der Waals surface area contributed by atoms with E-state index in [-0.39, 0.29) is 19.5 Å². The third kappa shape index (κ3) is 5.13. The summed E-state index contributed by atoms with van der Waals surface area (Å²) >= 11 is 0. The van der Waals surface area contributed by atoms with Gasteiger partial charge in [-0.3, -0.25) is 0 Å².